The van der Waals surface area contributed by atoms with Gasteiger partial charge in [-0.25, -0.2) is 0 Å². The lowest BCUT2D eigenvalue weighted by atomic mass is 9.97. The van der Waals surface area contributed by atoms with Crippen molar-refractivity contribution >= 4 is 0 Å². The van der Waals surface area contributed by atoms with Crippen molar-refractivity contribution in [1.29, 1.82) is 0 Å². The predicted molar refractivity (Wildman–Crippen MR) is 178 cm³/mol. The zero-order valence-corrected chi connectivity index (χ0v) is 26.6. The normalized spacial score (nSPS) is 13.0. The van der Waals surface area contributed by atoms with Crippen LogP contribution in [0.4, 0.5) is 0 Å². The summed E-state index contributed by atoms with van der Waals surface area (Å²) in [5.74, 6) is 1.07. The summed E-state index contributed by atoms with van der Waals surface area (Å²) in [6, 6.07) is 17.9. The number of allylic oxidation sites excluding steroid dienone is 1. The van der Waals surface area contributed by atoms with Gasteiger partial charge >= 0.3 is 0 Å². The lowest BCUT2D eigenvalue weighted by Crippen LogP contribution is -2.45. The first-order valence-electron chi connectivity index (χ1n) is 14.9. The van der Waals surface area contributed by atoms with Crippen LogP contribution in [0, 0.1) is 25.7 Å². The Balaban J connectivity index is 0.00000391. The Labute approximate surface area is 247 Å². The second-order valence-electron chi connectivity index (χ2n) is 12.0. The molecule has 0 aliphatic rings. The topological polar surface area (TPSA) is 36.1 Å². The molecule has 2 unspecified atom stereocenters. The van der Waals surface area contributed by atoms with E-state index < -0.39 is 0 Å². The van der Waals surface area contributed by atoms with Crippen molar-refractivity contribution in [3.63, 3.8) is 0 Å². The Morgan fingerprint density at radius 3 is 1.70 bits per heavy atom. The molecular weight excluding hydrogens is 486 g/mol. The summed E-state index contributed by atoms with van der Waals surface area (Å²) < 4.78 is 0. The van der Waals surface area contributed by atoms with Crippen molar-refractivity contribution in [2.75, 3.05) is 0 Å². The van der Waals surface area contributed by atoms with Crippen LogP contribution in [0.25, 0.3) is 0 Å². The fraction of sp³-hybridized carbons (Fsp3) is 0.459. The smallest absolute Gasteiger partial charge is 0.0653 e. The van der Waals surface area contributed by atoms with E-state index in [0.29, 0.717) is 11.8 Å². The summed E-state index contributed by atoms with van der Waals surface area (Å²) in [5.41, 5.74) is 8.43. The molecule has 0 aliphatic heterocycles. The Kier molecular flexibility index (Phi) is 15.9. The molecule has 220 valence electrons. The highest BCUT2D eigenvalue weighted by atomic mass is 15.1. The Morgan fingerprint density at radius 2 is 1.18 bits per heavy atom. The molecule has 2 aromatic carbocycles. The molecule has 3 nitrogen and oxygen atoms in total. The van der Waals surface area contributed by atoms with Gasteiger partial charge in [0.05, 0.1) is 12.1 Å². The number of aryl methyl sites for hydroxylation is 3. The van der Waals surface area contributed by atoms with Crippen molar-refractivity contribution in [3.05, 3.63) is 121 Å². The van der Waals surface area contributed by atoms with Gasteiger partial charge in [-0.1, -0.05) is 107 Å². The summed E-state index contributed by atoms with van der Waals surface area (Å²) in [7, 11) is 0. The van der Waals surface area contributed by atoms with Crippen LogP contribution in [0.15, 0.2) is 98.5 Å². The number of hydrogen-bond donors (Lipinski definition) is 3. The van der Waals surface area contributed by atoms with E-state index >= 15 is 0 Å². The van der Waals surface area contributed by atoms with Crippen molar-refractivity contribution in [2.24, 2.45) is 11.8 Å². The molecule has 2 aromatic rings. The molecule has 0 bridgehead atoms. The molecule has 0 spiro atoms. The van der Waals surface area contributed by atoms with Gasteiger partial charge in [0.2, 0.25) is 0 Å². The lowest BCUT2D eigenvalue weighted by Gasteiger charge is -2.32. The second kappa shape index (κ2) is 18.2. The maximum Gasteiger partial charge on any atom is 0.0653 e. The Bertz CT molecular complexity index is 1030. The minimum Gasteiger partial charge on any atom is -0.384 e. The minimum atomic E-state index is 0.109. The Morgan fingerprint density at radius 1 is 0.675 bits per heavy atom. The quantitative estimate of drug-likeness (QED) is 0.174. The van der Waals surface area contributed by atoms with Crippen LogP contribution >= 0.6 is 0 Å². The van der Waals surface area contributed by atoms with Gasteiger partial charge in [-0.15, -0.1) is 13.2 Å². The van der Waals surface area contributed by atoms with E-state index in [2.05, 4.69) is 146 Å². The van der Waals surface area contributed by atoms with E-state index in [9.17, 15) is 0 Å². The average Bonchev–Trinajstić information content (AvgIpc) is 2.87. The largest absolute Gasteiger partial charge is 0.384 e. The maximum absolute atomic E-state index is 4.49. The van der Waals surface area contributed by atoms with Crippen LogP contribution in [0.3, 0.4) is 0 Å². The zero-order valence-electron chi connectivity index (χ0n) is 26.6. The molecule has 0 fully saturated rings. The van der Waals surface area contributed by atoms with Crippen LogP contribution in [-0.4, -0.2) is 18.1 Å². The summed E-state index contributed by atoms with van der Waals surface area (Å²) in [5, 5.41) is 11.2. The summed E-state index contributed by atoms with van der Waals surface area (Å²) in [6.07, 6.45) is 4.84. The number of nitrogens with one attached hydrogen (secondary N) is 3. The van der Waals surface area contributed by atoms with Gasteiger partial charge in [0.15, 0.2) is 0 Å². The third-order valence-corrected chi connectivity index (χ3v) is 6.81. The third kappa shape index (κ3) is 13.7. The molecule has 3 atom stereocenters. The number of rotatable bonds is 17. The second-order valence-corrected chi connectivity index (χ2v) is 12.0. The fourth-order valence-electron chi connectivity index (χ4n) is 5.11. The highest BCUT2D eigenvalue weighted by molar-refractivity contribution is 5.29. The molecule has 0 amide bonds. The molecule has 0 aromatic heterocycles. The maximum atomic E-state index is 4.49. The average molecular weight is 544 g/mol. The number of hydrogen-bond acceptors (Lipinski definition) is 3. The van der Waals surface area contributed by atoms with E-state index in [4.69, 9.17) is 0 Å². The van der Waals surface area contributed by atoms with Crippen molar-refractivity contribution in [1.82, 2.24) is 16.0 Å². The molecule has 0 radical (unpaired) electrons. The summed E-state index contributed by atoms with van der Waals surface area (Å²) in [4.78, 5) is 0. The van der Waals surface area contributed by atoms with Crippen LogP contribution in [0.2, 0.25) is 0 Å². The molecule has 0 aliphatic carbocycles. The van der Waals surface area contributed by atoms with E-state index in [1.807, 2.05) is 0 Å². The Hall–Kier alpha value is -3.20. The minimum absolute atomic E-state index is 0.109. The van der Waals surface area contributed by atoms with Gasteiger partial charge in [0.25, 0.3) is 0 Å². The summed E-state index contributed by atoms with van der Waals surface area (Å²) in [6.45, 7) is 34.9. The van der Waals surface area contributed by atoms with Gasteiger partial charge in [-0.2, -0.15) is 0 Å². The van der Waals surface area contributed by atoms with E-state index in [-0.39, 0.29) is 18.1 Å². The van der Waals surface area contributed by atoms with E-state index in [0.717, 1.165) is 49.2 Å². The van der Waals surface area contributed by atoms with Gasteiger partial charge in [-0.3, -0.25) is 0 Å². The first-order valence-corrected chi connectivity index (χ1v) is 14.9. The van der Waals surface area contributed by atoms with Gasteiger partial charge in [0, 0.05) is 23.1 Å². The monoisotopic (exact) mass is 543 g/mol. The first kappa shape index (κ1) is 34.8. The van der Waals surface area contributed by atoms with E-state index in [1.54, 1.807) is 0 Å². The standard InChI is InChI=1S/C35H53N3.C2H4/c1-24(2)18-34(37-28(7)16-17-32-14-12-11-13-15-32)31(10)38-35(19-25(3)4)30(9)36-29(8)23-33-21-26(5)20-27(6)22-33;1-2/h11-15,20-22,24-25,29,34-38H,7,9-10,16-19,23H2,1-6,8H3;1-2H2/t29?,34?,35-;/m0./s1. The molecular formula is C37H57N3. The van der Waals surface area contributed by atoms with Crippen molar-refractivity contribution in [3.8, 4) is 0 Å². The van der Waals surface area contributed by atoms with Crippen LogP contribution in [0.1, 0.15) is 76.1 Å². The molecule has 40 heavy (non-hydrogen) atoms. The van der Waals surface area contributed by atoms with Crippen molar-refractivity contribution < 1.29 is 0 Å². The highest BCUT2D eigenvalue weighted by Crippen LogP contribution is 2.19. The number of benzene rings is 2. The van der Waals surface area contributed by atoms with Gasteiger partial charge in [-0.05, 0) is 75.8 Å². The molecule has 0 saturated heterocycles. The van der Waals surface area contributed by atoms with Crippen molar-refractivity contribution in [2.45, 2.75) is 98.7 Å². The first-order chi connectivity index (χ1) is 18.9. The van der Waals surface area contributed by atoms with E-state index in [1.165, 1.54) is 22.3 Å². The van der Waals surface area contributed by atoms with Crippen LogP contribution < -0.4 is 16.0 Å². The van der Waals surface area contributed by atoms with Gasteiger partial charge in [0.1, 0.15) is 0 Å². The SMILES string of the molecule is C=C.C=C(CCc1ccccc1)NC(CC(C)C)C(=C)N[C@@H](CC(C)C)C(=C)NC(C)Cc1cc(C)cc(C)c1. The van der Waals surface area contributed by atoms with Crippen LogP contribution in [0.5, 0.6) is 0 Å². The zero-order chi connectivity index (χ0) is 30.2. The van der Waals surface area contributed by atoms with Gasteiger partial charge < -0.3 is 16.0 Å². The highest BCUT2D eigenvalue weighted by Gasteiger charge is 2.22. The molecule has 3 heteroatoms. The third-order valence-electron chi connectivity index (χ3n) is 6.81. The van der Waals surface area contributed by atoms with Crippen LogP contribution in [-0.2, 0) is 12.8 Å². The fourth-order valence-corrected chi connectivity index (χ4v) is 5.11. The lowest BCUT2D eigenvalue weighted by molar-refractivity contribution is 0.414. The predicted octanol–water partition coefficient (Wildman–Crippen LogP) is 8.81. The molecule has 0 saturated carbocycles. The molecule has 2 rings (SSSR count). The molecule has 0 heterocycles. The summed E-state index contributed by atoms with van der Waals surface area (Å²) >= 11 is 0. The molecule has 3 N–H and O–H groups in total.